The van der Waals surface area contributed by atoms with Crippen LogP contribution in [0.5, 0.6) is 0 Å². The largest absolute Gasteiger partial charge is 0.446 e. The number of carbonyl (C=O) groups excluding carboxylic acids is 1. The maximum Gasteiger partial charge on any atom is 0.407 e. The molecule has 0 heterocycles. The first kappa shape index (κ1) is 50.7. The topological polar surface area (TPSA) is 109 Å². The summed E-state index contributed by atoms with van der Waals surface area (Å²) in [5.74, 6) is 4.99. The molecule has 4 aliphatic carbocycles. The Morgan fingerprint density at radius 2 is 1.59 bits per heavy atom. The van der Waals surface area contributed by atoms with Crippen LogP contribution in [-0.2, 0) is 32.7 Å². The first-order valence-electron chi connectivity index (χ1n) is 25.1. The predicted molar refractivity (Wildman–Crippen MR) is 249 cm³/mol. The fourth-order valence-corrected chi connectivity index (χ4v) is 13.1. The van der Waals surface area contributed by atoms with Crippen molar-refractivity contribution < 1.29 is 38.9 Å². The number of ether oxygens (including phenoxy) is 5. The number of carbonyl (C=O) groups is 1. The Balaban J connectivity index is 1.01. The standard InChI is InChI=1S/C49H90N3O8P/c1-12-50-35-58-61(52(37(4)5)38(6)7)60-40(9)34-57-32-31-56-30-29-55-28-27-54-26-14-25-51-47(53)59-42-21-23-48(10)41(33-42)17-18-43-45-20-19-44(39(8)16-13-15-36(2)3)49(45,11)24-22-46(43)48/h17,35-40,42-46H,12-16,18-34H2,1-11H3,(H,51,53)/t39-,40?,42+,43?,44?,45?,46?,48+,49-,61?/m1/s1/i9D. The van der Waals surface area contributed by atoms with Gasteiger partial charge in [-0.2, -0.15) is 0 Å². The molecule has 0 aromatic carbocycles. The van der Waals surface area contributed by atoms with Crippen LogP contribution in [0.4, 0.5) is 4.79 Å². The average molecular weight is 881 g/mol. The van der Waals surface area contributed by atoms with Gasteiger partial charge in [0.1, 0.15) is 6.10 Å². The van der Waals surface area contributed by atoms with E-state index in [-0.39, 0.29) is 43.2 Å². The third kappa shape index (κ3) is 15.7. The van der Waals surface area contributed by atoms with Gasteiger partial charge in [-0.1, -0.05) is 65.5 Å². The van der Waals surface area contributed by atoms with Crippen molar-refractivity contribution in [1.29, 1.82) is 0 Å². The Morgan fingerprint density at radius 3 is 2.25 bits per heavy atom. The van der Waals surface area contributed by atoms with Crippen LogP contribution < -0.4 is 5.32 Å². The molecule has 1 N–H and O–H groups in total. The van der Waals surface area contributed by atoms with Crippen molar-refractivity contribution in [2.45, 2.75) is 177 Å². The molecule has 61 heavy (non-hydrogen) atoms. The zero-order valence-electron chi connectivity index (χ0n) is 41.3. The molecule has 0 aliphatic heterocycles. The first-order valence-corrected chi connectivity index (χ1v) is 25.5. The van der Waals surface area contributed by atoms with Gasteiger partial charge in [-0.15, -0.1) is 0 Å². The van der Waals surface area contributed by atoms with Crippen LogP contribution in [0.15, 0.2) is 16.6 Å². The highest BCUT2D eigenvalue weighted by Gasteiger charge is 2.59. The molecular weight excluding hydrogens is 790 g/mol. The number of fused-ring (bicyclic) bond motifs is 5. The summed E-state index contributed by atoms with van der Waals surface area (Å²) >= 11 is 0. The van der Waals surface area contributed by atoms with E-state index >= 15 is 0 Å². The second-order valence-electron chi connectivity index (χ2n) is 20.0. The lowest BCUT2D eigenvalue weighted by molar-refractivity contribution is -0.0581. The minimum absolute atomic E-state index is 0.0379. The van der Waals surface area contributed by atoms with Crippen molar-refractivity contribution in [3.63, 3.8) is 0 Å². The Morgan fingerprint density at radius 1 is 0.902 bits per heavy atom. The molecule has 4 aliphatic rings. The van der Waals surface area contributed by atoms with Gasteiger partial charge in [0.2, 0.25) is 0 Å². The quantitative estimate of drug-likeness (QED) is 0.0258. The van der Waals surface area contributed by atoms with Crippen molar-refractivity contribution in [3.8, 4) is 0 Å². The number of allylic oxidation sites excluding steroid dienone is 1. The van der Waals surface area contributed by atoms with Crippen LogP contribution >= 0.6 is 8.53 Å². The summed E-state index contributed by atoms with van der Waals surface area (Å²) in [5.41, 5.74) is 2.32. The molecule has 3 fully saturated rings. The van der Waals surface area contributed by atoms with Gasteiger partial charge >= 0.3 is 14.6 Å². The van der Waals surface area contributed by atoms with Gasteiger partial charge in [-0.3, -0.25) is 4.99 Å². The Kier molecular flexibility index (Phi) is 22.1. The summed E-state index contributed by atoms with van der Waals surface area (Å²) in [7, 11) is -1.42. The second-order valence-corrected chi connectivity index (χ2v) is 21.4. The number of rotatable bonds is 29. The Hall–Kier alpha value is -1.33. The lowest BCUT2D eigenvalue weighted by Crippen LogP contribution is -2.51. The summed E-state index contributed by atoms with van der Waals surface area (Å²) < 4.78 is 50.9. The fourth-order valence-electron chi connectivity index (χ4n) is 11.6. The van der Waals surface area contributed by atoms with Gasteiger partial charge < -0.3 is 38.0 Å². The third-order valence-electron chi connectivity index (χ3n) is 14.6. The van der Waals surface area contributed by atoms with Crippen LogP contribution in [0.25, 0.3) is 0 Å². The Labute approximate surface area is 375 Å². The summed E-state index contributed by atoms with van der Waals surface area (Å²) in [6.07, 6.45) is 17.9. The van der Waals surface area contributed by atoms with Gasteiger partial charge in [0.25, 0.3) is 0 Å². The predicted octanol–water partition coefficient (Wildman–Crippen LogP) is 11.4. The number of hydrogen-bond acceptors (Lipinski definition) is 10. The molecule has 4 rings (SSSR count). The van der Waals surface area contributed by atoms with Crippen LogP contribution in [0, 0.1) is 46.3 Å². The highest BCUT2D eigenvalue weighted by molar-refractivity contribution is 7.45. The molecule has 6 unspecified atom stereocenters. The van der Waals surface area contributed by atoms with Crippen molar-refractivity contribution >= 4 is 21.0 Å². The molecule has 0 aromatic heterocycles. The molecule has 1 amide bonds. The van der Waals surface area contributed by atoms with Crippen molar-refractivity contribution in [2.24, 2.45) is 51.3 Å². The van der Waals surface area contributed by atoms with Gasteiger partial charge in [-0.25, -0.2) is 9.46 Å². The van der Waals surface area contributed by atoms with E-state index < -0.39 is 14.6 Å². The van der Waals surface area contributed by atoms with Crippen molar-refractivity contribution in [1.82, 2.24) is 9.99 Å². The number of aliphatic imine (C=N–C) groups is 1. The number of alkyl carbamates (subject to hydrolysis) is 1. The van der Waals surface area contributed by atoms with E-state index in [4.69, 9.17) is 34.1 Å². The minimum Gasteiger partial charge on any atom is -0.446 e. The molecule has 0 bridgehead atoms. The third-order valence-corrected chi connectivity index (χ3v) is 16.6. The van der Waals surface area contributed by atoms with E-state index in [1.807, 2.05) is 6.92 Å². The summed E-state index contributed by atoms with van der Waals surface area (Å²) in [6.45, 7) is 27.6. The summed E-state index contributed by atoms with van der Waals surface area (Å²) in [5, 5.41) is 2.95. The molecule has 0 radical (unpaired) electrons. The Bertz CT molecular complexity index is 1330. The normalized spacial score (nSPS) is 29.3. The highest BCUT2D eigenvalue weighted by Crippen LogP contribution is 2.67. The first-order chi connectivity index (χ1) is 29.7. The van der Waals surface area contributed by atoms with Crippen LogP contribution in [-0.4, -0.2) is 107 Å². The smallest absolute Gasteiger partial charge is 0.407 e. The fraction of sp³-hybridized carbons (Fsp3) is 0.918. The van der Waals surface area contributed by atoms with Gasteiger partial charge in [0, 0.05) is 39.6 Å². The van der Waals surface area contributed by atoms with Gasteiger partial charge in [0.05, 0.1) is 52.4 Å². The zero-order chi connectivity index (χ0) is 45.1. The zero-order valence-corrected chi connectivity index (χ0v) is 41.2. The maximum atomic E-state index is 12.8. The number of nitrogens with zero attached hydrogens (tertiary/aromatic N) is 2. The van der Waals surface area contributed by atoms with Crippen molar-refractivity contribution in [3.05, 3.63) is 11.6 Å². The van der Waals surface area contributed by atoms with Crippen LogP contribution in [0.3, 0.4) is 0 Å². The molecule has 0 aromatic rings. The monoisotopic (exact) mass is 881 g/mol. The molecule has 3 saturated carbocycles. The maximum absolute atomic E-state index is 12.8. The molecule has 10 atom stereocenters. The molecule has 11 nitrogen and oxygen atoms in total. The van der Waals surface area contributed by atoms with E-state index in [0.29, 0.717) is 71.2 Å². The lowest BCUT2D eigenvalue weighted by Gasteiger charge is -2.58. The van der Waals surface area contributed by atoms with E-state index in [1.165, 1.54) is 57.8 Å². The van der Waals surface area contributed by atoms with Crippen molar-refractivity contribution in [2.75, 3.05) is 65.9 Å². The van der Waals surface area contributed by atoms with E-state index in [2.05, 4.69) is 83.4 Å². The molecule has 354 valence electrons. The average Bonchev–Trinajstić information content (AvgIpc) is 3.58. The molecule has 0 spiro atoms. The number of amides is 1. The number of hydrogen-bond donors (Lipinski definition) is 1. The number of nitrogens with one attached hydrogen (secondary N) is 1. The lowest BCUT2D eigenvalue weighted by atomic mass is 9.47. The summed E-state index contributed by atoms with van der Waals surface area (Å²) in [6, 6.07) is 0.426. The van der Waals surface area contributed by atoms with E-state index in [9.17, 15) is 4.79 Å². The minimum atomic E-state index is -1.42. The van der Waals surface area contributed by atoms with E-state index in [1.54, 1.807) is 5.57 Å². The molecular formula is C49H90N3O8P. The van der Waals surface area contributed by atoms with Gasteiger partial charge in [-0.05, 0) is 139 Å². The van der Waals surface area contributed by atoms with Crippen LogP contribution in [0.1, 0.15) is 155 Å². The molecule has 0 saturated heterocycles. The second kappa shape index (κ2) is 26.6. The van der Waals surface area contributed by atoms with Gasteiger partial charge in [0.15, 0.2) is 6.40 Å². The highest BCUT2D eigenvalue weighted by atomic mass is 31.2. The molecule has 12 heteroatoms. The van der Waals surface area contributed by atoms with Crippen LogP contribution in [0.2, 0.25) is 0 Å². The summed E-state index contributed by atoms with van der Waals surface area (Å²) in [4.78, 5) is 16.9. The SMILES string of the molecule is [2H]CC(COCCOCCOCCOCCCNC(=O)O[C@H]1CC[C@@]2(C)C(=CCC3C4CCC([C@H](C)CCCC(C)C)[C@@]4(C)CCC32)C1)OP(OC=NCC)N(C(C)C)C(C)C. The van der Waals surface area contributed by atoms with E-state index in [0.717, 1.165) is 54.8 Å².